The van der Waals surface area contributed by atoms with Gasteiger partial charge >= 0.3 is 0 Å². The fraction of sp³-hybridized carbons (Fsp3) is 0.933. The van der Waals surface area contributed by atoms with E-state index in [4.69, 9.17) is 0 Å². The van der Waals surface area contributed by atoms with Crippen molar-refractivity contribution in [3.05, 3.63) is 0 Å². The topological polar surface area (TPSA) is 54.5 Å². The standard InChI is InChI=1S/C15H27NO3S/c1-16(15(17)11-12-7-3-4-8-12)13-9-5-6-10-14(13)20(2,18)19/h12-14H,3-11H2,1-2H3/t13-,14-/m0/s1. The number of carbonyl (C=O) groups excluding carboxylic acids is 1. The first-order valence-corrected chi connectivity index (χ1v) is 9.79. The van der Waals surface area contributed by atoms with Gasteiger partial charge in [-0.05, 0) is 31.6 Å². The largest absolute Gasteiger partial charge is 0.341 e. The number of amides is 1. The summed E-state index contributed by atoms with van der Waals surface area (Å²) in [7, 11) is -1.28. The molecule has 0 radical (unpaired) electrons. The molecule has 0 aromatic rings. The maximum Gasteiger partial charge on any atom is 0.222 e. The first-order valence-electron chi connectivity index (χ1n) is 7.84. The minimum Gasteiger partial charge on any atom is -0.341 e. The maximum absolute atomic E-state index is 12.4. The Morgan fingerprint density at radius 3 is 2.20 bits per heavy atom. The van der Waals surface area contributed by atoms with E-state index in [0.29, 0.717) is 18.8 Å². The molecule has 2 aliphatic carbocycles. The molecule has 0 aromatic carbocycles. The van der Waals surface area contributed by atoms with Crippen LogP contribution in [0.5, 0.6) is 0 Å². The second-order valence-electron chi connectivity index (χ2n) is 6.58. The summed E-state index contributed by atoms with van der Waals surface area (Å²) in [6, 6.07) is -0.118. The zero-order valence-corrected chi connectivity index (χ0v) is 13.5. The lowest BCUT2D eigenvalue weighted by Crippen LogP contribution is -2.49. The summed E-state index contributed by atoms with van der Waals surface area (Å²) in [5.41, 5.74) is 0. The van der Waals surface area contributed by atoms with Crippen molar-refractivity contribution in [3.63, 3.8) is 0 Å². The van der Waals surface area contributed by atoms with Gasteiger partial charge in [-0.3, -0.25) is 4.79 Å². The molecule has 2 atom stereocenters. The van der Waals surface area contributed by atoms with Crippen LogP contribution in [0.25, 0.3) is 0 Å². The summed E-state index contributed by atoms with van der Waals surface area (Å²) in [5.74, 6) is 0.655. The highest BCUT2D eigenvalue weighted by Gasteiger charge is 2.37. The van der Waals surface area contributed by atoms with Crippen LogP contribution in [0.15, 0.2) is 0 Å². The first kappa shape index (κ1) is 15.8. The fourth-order valence-corrected chi connectivity index (χ4v) is 5.29. The van der Waals surface area contributed by atoms with Crippen molar-refractivity contribution in [1.82, 2.24) is 4.90 Å². The average Bonchev–Trinajstić information content (AvgIpc) is 2.89. The molecule has 1 amide bonds. The number of hydrogen-bond donors (Lipinski definition) is 0. The second kappa shape index (κ2) is 6.46. The summed E-state index contributed by atoms with van der Waals surface area (Å²) in [6.45, 7) is 0. The van der Waals surface area contributed by atoms with Gasteiger partial charge in [0.1, 0.15) is 0 Å². The predicted octanol–water partition coefficient (Wildman–Crippen LogP) is 2.38. The van der Waals surface area contributed by atoms with E-state index in [2.05, 4.69) is 0 Å². The zero-order chi connectivity index (χ0) is 14.8. The number of nitrogens with zero attached hydrogens (tertiary/aromatic N) is 1. The Hall–Kier alpha value is -0.580. The minimum absolute atomic E-state index is 0.118. The average molecular weight is 301 g/mol. The van der Waals surface area contributed by atoms with Crippen LogP contribution >= 0.6 is 0 Å². The van der Waals surface area contributed by atoms with E-state index in [-0.39, 0.29) is 17.2 Å². The van der Waals surface area contributed by atoms with Crippen LogP contribution in [0.2, 0.25) is 0 Å². The van der Waals surface area contributed by atoms with E-state index in [1.807, 2.05) is 0 Å². The van der Waals surface area contributed by atoms with Gasteiger partial charge in [0.2, 0.25) is 5.91 Å². The highest BCUT2D eigenvalue weighted by atomic mass is 32.2. The van der Waals surface area contributed by atoms with E-state index in [1.54, 1.807) is 11.9 Å². The lowest BCUT2D eigenvalue weighted by atomic mass is 9.93. The van der Waals surface area contributed by atoms with E-state index in [0.717, 1.165) is 32.1 Å². The van der Waals surface area contributed by atoms with Gasteiger partial charge in [-0.1, -0.05) is 25.7 Å². The molecule has 2 fully saturated rings. The summed E-state index contributed by atoms with van der Waals surface area (Å²) < 4.78 is 23.9. The monoisotopic (exact) mass is 301 g/mol. The smallest absolute Gasteiger partial charge is 0.222 e. The number of sulfone groups is 1. The van der Waals surface area contributed by atoms with Crippen LogP contribution in [-0.2, 0) is 14.6 Å². The molecule has 0 aliphatic heterocycles. The summed E-state index contributed by atoms with van der Waals surface area (Å²) in [6.07, 6.45) is 10.2. The Morgan fingerprint density at radius 1 is 1.05 bits per heavy atom. The van der Waals surface area contributed by atoms with E-state index in [1.165, 1.54) is 19.1 Å². The van der Waals surface area contributed by atoms with Crippen molar-refractivity contribution >= 4 is 15.7 Å². The minimum atomic E-state index is -3.07. The summed E-state index contributed by atoms with van der Waals surface area (Å²) in [5, 5.41) is -0.367. The summed E-state index contributed by atoms with van der Waals surface area (Å²) >= 11 is 0. The molecule has 2 aliphatic rings. The number of rotatable bonds is 4. The van der Waals surface area contributed by atoms with Crippen molar-refractivity contribution in [3.8, 4) is 0 Å². The third kappa shape index (κ3) is 3.74. The van der Waals surface area contributed by atoms with Crippen molar-refractivity contribution in [2.75, 3.05) is 13.3 Å². The molecule has 5 heteroatoms. The quantitative estimate of drug-likeness (QED) is 0.801. The van der Waals surface area contributed by atoms with E-state index >= 15 is 0 Å². The molecule has 4 nitrogen and oxygen atoms in total. The Morgan fingerprint density at radius 2 is 1.60 bits per heavy atom. The van der Waals surface area contributed by atoms with Crippen LogP contribution < -0.4 is 0 Å². The molecule has 0 saturated heterocycles. The normalized spacial score (nSPS) is 28.5. The van der Waals surface area contributed by atoms with E-state index < -0.39 is 9.84 Å². The van der Waals surface area contributed by atoms with Gasteiger partial charge in [0.05, 0.1) is 5.25 Å². The van der Waals surface area contributed by atoms with Gasteiger partial charge in [-0.2, -0.15) is 0 Å². The number of hydrogen-bond acceptors (Lipinski definition) is 3. The Bertz CT molecular complexity index is 440. The Balaban J connectivity index is 2.01. The van der Waals surface area contributed by atoms with Crippen LogP contribution in [0.3, 0.4) is 0 Å². The SMILES string of the molecule is CN(C(=O)CC1CCCC1)[C@H]1CCCC[C@@H]1S(C)(=O)=O. The van der Waals surface area contributed by atoms with Crippen molar-refractivity contribution < 1.29 is 13.2 Å². The predicted molar refractivity (Wildman–Crippen MR) is 80.2 cm³/mol. The van der Waals surface area contributed by atoms with Gasteiger partial charge < -0.3 is 4.90 Å². The van der Waals surface area contributed by atoms with Crippen LogP contribution in [0.4, 0.5) is 0 Å². The third-order valence-electron chi connectivity index (χ3n) is 5.05. The maximum atomic E-state index is 12.4. The van der Waals surface area contributed by atoms with Crippen molar-refractivity contribution in [2.45, 2.75) is 69.1 Å². The van der Waals surface area contributed by atoms with E-state index in [9.17, 15) is 13.2 Å². The Labute approximate surface area is 122 Å². The fourth-order valence-electron chi connectivity index (χ4n) is 3.81. The van der Waals surface area contributed by atoms with Gasteiger partial charge in [-0.15, -0.1) is 0 Å². The number of carbonyl (C=O) groups is 1. The van der Waals surface area contributed by atoms with Crippen molar-refractivity contribution in [1.29, 1.82) is 0 Å². The zero-order valence-electron chi connectivity index (χ0n) is 12.7. The molecule has 0 N–H and O–H groups in total. The molecule has 0 aromatic heterocycles. The van der Waals surface area contributed by atoms with Gasteiger partial charge in [0, 0.05) is 25.8 Å². The third-order valence-corrected chi connectivity index (χ3v) is 6.70. The second-order valence-corrected chi connectivity index (χ2v) is 8.84. The van der Waals surface area contributed by atoms with Crippen LogP contribution in [0, 0.1) is 5.92 Å². The summed E-state index contributed by atoms with van der Waals surface area (Å²) in [4.78, 5) is 14.1. The highest BCUT2D eigenvalue weighted by molar-refractivity contribution is 7.91. The molecule has 0 unspecified atom stereocenters. The molecule has 2 saturated carbocycles. The molecular formula is C15H27NO3S. The lowest BCUT2D eigenvalue weighted by molar-refractivity contribution is -0.133. The lowest BCUT2D eigenvalue weighted by Gasteiger charge is -2.37. The molecule has 2 rings (SSSR count). The molecule has 116 valence electrons. The molecule has 0 bridgehead atoms. The first-order chi connectivity index (χ1) is 9.39. The van der Waals surface area contributed by atoms with Gasteiger partial charge in [-0.25, -0.2) is 8.42 Å². The molecule has 0 heterocycles. The highest BCUT2D eigenvalue weighted by Crippen LogP contribution is 2.31. The van der Waals surface area contributed by atoms with Crippen molar-refractivity contribution in [2.24, 2.45) is 5.92 Å². The van der Waals surface area contributed by atoms with Crippen LogP contribution in [0.1, 0.15) is 57.8 Å². The molecule has 20 heavy (non-hydrogen) atoms. The van der Waals surface area contributed by atoms with Gasteiger partial charge in [0.15, 0.2) is 9.84 Å². The molecular weight excluding hydrogens is 274 g/mol. The molecule has 0 spiro atoms. The van der Waals surface area contributed by atoms with Gasteiger partial charge in [0.25, 0.3) is 0 Å². The Kier molecular flexibility index (Phi) is 5.10. The van der Waals surface area contributed by atoms with Crippen LogP contribution in [-0.4, -0.2) is 43.8 Å².